The van der Waals surface area contributed by atoms with Gasteiger partial charge in [-0.15, -0.1) is 0 Å². The van der Waals surface area contributed by atoms with Crippen molar-refractivity contribution in [2.75, 3.05) is 58.9 Å². The van der Waals surface area contributed by atoms with Crippen molar-refractivity contribution in [2.45, 2.75) is 104 Å². The van der Waals surface area contributed by atoms with E-state index in [-0.39, 0.29) is 5.78 Å². The number of aldehydes is 1. The second-order valence-corrected chi connectivity index (χ2v) is 9.93. The van der Waals surface area contributed by atoms with E-state index < -0.39 is 0 Å². The topological polar surface area (TPSA) is 91.4 Å². The number of hydrogen-bond donors (Lipinski definition) is 0. The number of hydrogen-bond acceptors (Lipinski definition) is 7. The van der Waals surface area contributed by atoms with Gasteiger partial charge in [-0.25, -0.2) is 0 Å². The van der Waals surface area contributed by atoms with Gasteiger partial charge in [0.25, 0.3) is 0 Å². The molecule has 36 heavy (non-hydrogen) atoms. The maximum atomic E-state index is 10.8. The van der Waals surface area contributed by atoms with Crippen LogP contribution >= 0.6 is 0 Å². The van der Waals surface area contributed by atoms with E-state index in [1.807, 2.05) is 0 Å². The fourth-order valence-corrected chi connectivity index (χ4v) is 4.36. The molecule has 7 nitrogen and oxygen atoms in total. The molecule has 1 rings (SSSR count). The van der Waals surface area contributed by atoms with Gasteiger partial charge >= 0.3 is 0 Å². The fourth-order valence-electron chi connectivity index (χ4n) is 4.36. The van der Waals surface area contributed by atoms with Crippen LogP contribution < -0.4 is 0 Å². The summed E-state index contributed by atoms with van der Waals surface area (Å²) in [6.07, 6.45) is 16.9. The van der Waals surface area contributed by atoms with Crippen molar-refractivity contribution in [3.63, 3.8) is 0 Å². The summed E-state index contributed by atoms with van der Waals surface area (Å²) < 4.78 is 0. The molecular formula is C29H53N5O2. The second kappa shape index (κ2) is 26.3. The molecule has 0 aromatic heterocycles. The summed E-state index contributed by atoms with van der Waals surface area (Å²) >= 11 is 0. The van der Waals surface area contributed by atoms with Gasteiger partial charge in [-0.1, -0.05) is 64.7 Å². The number of piperazine rings is 1. The van der Waals surface area contributed by atoms with Crippen molar-refractivity contribution in [1.29, 1.82) is 10.5 Å². The van der Waals surface area contributed by atoms with Crippen LogP contribution in [0.2, 0.25) is 0 Å². The summed E-state index contributed by atoms with van der Waals surface area (Å²) in [5.74, 6) is 0.262. The van der Waals surface area contributed by atoms with Crippen LogP contribution in [-0.4, -0.2) is 85.7 Å². The zero-order valence-electron chi connectivity index (χ0n) is 23.4. The standard InChI is InChI=1S/C18H33N3.C11H20N2O2/c1-2-3-4-5-6-7-8-9-10-11-16-21(17-12-14-19)18-13-15-20;1-11(15)3-5-13-8-6-12(7-9-13)4-2-10-14/h2-13,16-18H2,1H3;10H,2-9H2,1H3. The van der Waals surface area contributed by atoms with Crippen molar-refractivity contribution in [1.82, 2.24) is 14.7 Å². The highest BCUT2D eigenvalue weighted by Crippen LogP contribution is 2.11. The Kier molecular flexibility index (Phi) is 25.0. The van der Waals surface area contributed by atoms with Crippen LogP contribution in [0.4, 0.5) is 0 Å². The molecule has 1 saturated heterocycles. The van der Waals surface area contributed by atoms with E-state index >= 15 is 0 Å². The third-order valence-electron chi connectivity index (χ3n) is 6.72. The Morgan fingerprint density at radius 3 is 1.69 bits per heavy atom. The largest absolute Gasteiger partial charge is 0.303 e. The van der Waals surface area contributed by atoms with Gasteiger partial charge in [0.15, 0.2) is 0 Å². The molecule has 0 aromatic carbocycles. The fraction of sp³-hybridized carbons (Fsp3) is 0.862. The van der Waals surface area contributed by atoms with E-state index in [0.717, 1.165) is 65.2 Å². The van der Waals surface area contributed by atoms with Crippen molar-refractivity contribution < 1.29 is 9.59 Å². The number of unbranched alkanes of at least 4 members (excludes halogenated alkanes) is 9. The first-order valence-electron chi connectivity index (χ1n) is 14.4. The van der Waals surface area contributed by atoms with Gasteiger partial charge in [0.2, 0.25) is 0 Å². The van der Waals surface area contributed by atoms with Gasteiger partial charge in [0.05, 0.1) is 12.1 Å². The van der Waals surface area contributed by atoms with Crippen LogP contribution in [-0.2, 0) is 9.59 Å². The van der Waals surface area contributed by atoms with Gasteiger partial charge in [-0.05, 0) is 19.9 Å². The minimum absolute atomic E-state index is 0.262. The first-order valence-corrected chi connectivity index (χ1v) is 14.4. The molecule has 1 aliphatic heterocycles. The van der Waals surface area contributed by atoms with Crippen LogP contribution in [0.25, 0.3) is 0 Å². The summed E-state index contributed by atoms with van der Waals surface area (Å²) in [6.45, 7) is 12.4. The third-order valence-corrected chi connectivity index (χ3v) is 6.72. The zero-order chi connectivity index (χ0) is 26.7. The maximum absolute atomic E-state index is 10.8. The van der Waals surface area contributed by atoms with Gasteiger partial charge in [0.1, 0.15) is 12.1 Å². The van der Waals surface area contributed by atoms with E-state index in [1.54, 1.807) is 6.92 Å². The molecule has 1 aliphatic rings. The Labute approximate surface area is 221 Å². The third kappa shape index (κ3) is 22.7. The number of Topliss-reactive ketones (excluding diaryl/α,β-unsaturated/α-hetero) is 1. The Morgan fingerprint density at radius 2 is 1.25 bits per heavy atom. The smallest absolute Gasteiger partial charge is 0.131 e. The molecule has 0 spiro atoms. The summed E-state index contributed by atoms with van der Waals surface area (Å²) in [5, 5.41) is 17.3. The van der Waals surface area contributed by atoms with Crippen LogP contribution in [0, 0.1) is 22.7 Å². The predicted molar refractivity (Wildman–Crippen MR) is 148 cm³/mol. The molecule has 0 unspecified atom stereocenters. The lowest BCUT2D eigenvalue weighted by Crippen LogP contribution is -2.47. The van der Waals surface area contributed by atoms with Gasteiger partial charge < -0.3 is 19.5 Å². The summed E-state index contributed by atoms with van der Waals surface area (Å²) in [6, 6.07) is 4.38. The van der Waals surface area contributed by atoms with Crippen LogP contribution in [0.3, 0.4) is 0 Å². The van der Waals surface area contributed by atoms with Crippen molar-refractivity contribution in [3.05, 3.63) is 0 Å². The van der Waals surface area contributed by atoms with E-state index in [9.17, 15) is 9.59 Å². The first-order chi connectivity index (χ1) is 17.6. The Bertz CT molecular complexity index is 588. The van der Waals surface area contributed by atoms with E-state index in [0.29, 0.717) is 25.7 Å². The maximum Gasteiger partial charge on any atom is 0.131 e. The molecule has 0 amide bonds. The summed E-state index contributed by atoms with van der Waals surface area (Å²) in [5.41, 5.74) is 0. The van der Waals surface area contributed by atoms with Gasteiger partial charge in [-0.2, -0.15) is 10.5 Å². The lowest BCUT2D eigenvalue weighted by Gasteiger charge is -2.34. The highest BCUT2D eigenvalue weighted by Gasteiger charge is 2.16. The SMILES string of the molecule is CC(=O)CCN1CCN(CCC=O)CC1.CCCCCCCCCCCCN(CCC#N)CCC#N. The molecule has 0 radical (unpaired) electrons. The number of carbonyl (C=O) groups excluding carboxylic acids is 2. The molecule has 0 aliphatic carbocycles. The minimum Gasteiger partial charge on any atom is -0.303 e. The molecule has 7 heteroatoms. The highest BCUT2D eigenvalue weighted by molar-refractivity contribution is 5.75. The molecule has 0 N–H and O–H groups in total. The summed E-state index contributed by atoms with van der Waals surface area (Å²) in [4.78, 5) is 27.9. The number of nitriles is 2. The van der Waals surface area contributed by atoms with Crippen LogP contribution in [0.1, 0.15) is 104 Å². The normalized spacial score (nSPS) is 14.0. The minimum atomic E-state index is 0.262. The van der Waals surface area contributed by atoms with E-state index in [1.165, 1.54) is 64.2 Å². The molecule has 0 atom stereocenters. The molecular weight excluding hydrogens is 450 g/mol. The number of ketones is 1. The Morgan fingerprint density at radius 1 is 0.778 bits per heavy atom. The number of carbonyl (C=O) groups is 2. The van der Waals surface area contributed by atoms with Crippen molar-refractivity contribution >= 4 is 12.1 Å². The molecule has 0 aromatic rings. The molecule has 1 fully saturated rings. The molecule has 1 heterocycles. The molecule has 0 saturated carbocycles. The number of nitrogens with zero attached hydrogens (tertiary/aromatic N) is 5. The van der Waals surface area contributed by atoms with Gasteiger partial charge in [0, 0.05) is 78.0 Å². The van der Waals surface area contributed by atoms with Crippen LogP contribution in [0.5, 0.6) is 0 Å². The van der Waals surface area contributed by atoms with E-state index in [2.05, 4.69) is 33.8 Å². The lowest BCUT2D eigenvalue weighted by atomic mass is 10.1. The monoisotopic (exact) mass is 503 g/mol. The molecule has 0 bridgehead atoms. The second-order valence-electron chi connectivity index (χ2n) is 9.93. The Hall–Kier alpha value is -1.80. The zero-order valence-corrected chi connectivity index (χ0v) is 23.4. The lowest BCUT2D eigenvalue weighted by molar-refractivity contribution is -0.117. The Balaban J connectivity index is 0.000000717. The quantitative estimate of drug-likeness (QED) is 0.157. The van der Waals surface area contributed by atoms with Crippen LogP contribution in [0.15, 0.2) is 0 Å². The first kappa shape index (κ1) is 34.2. The summed E-state index contributed by atoms with van der Waals surface area (Å²) in [7, 11) is 0. The average molecular weight is 504 g/mol. The predicted octanol–water partition coefficient (Wildman–Crippen LogP) is 5.21. The average Bonchev–Trinajstić information content (AvgIpc) is 2.89. The number of rotatable bonds is 21. The van der Waals surface area contributed by atoms with E-state index in [4.69, 9.17) is 10.5 Å². The van der Waals surface area contributed by atoms with Crippen molar-refractivity contribution in [3.8, 4) is 12.1 Å². The van der Waals surface area contributed by atoms with Crippen molar-refractivity contribution in [2.24, 2.45) is 0 Å². The highest BCUT2D eigenvalue weighted by atomic mass is 16.1. The molecule has 206 valence electrons. The van der Waals surface area contributed by atoms with Gasteiger partial charge in [-0.3, -0.25) is 4.79 Å².